The highest BCUT2D eigenvalue weighted by atomic mass is 19.4. The monoisotopic (exact) mass is 510 g/mol. The van der Waals surface area contributed by atoms with Crippen molar-refractivity contribution >= 4 is 28.9 Å². The molecule has 1 fully saturated rings. The third kappa shape index (κ3) is 5.30. The second kappa shape index (κ2) is 10.1. The van der Waals surface area contributed by atoms with Gasteiger partial charge in [0.1, 0.15) is 5.82 Å². The van der Waals surface area contributed by atoms with Gasteiger partial charge in [-0.15, -0.1) is 0 Å². The molecule has 0 atom stereocenters. The van der Waals surface area contributed by atoms with Crippen LogP contribution in [0.1, 0.15) is 34.0 Å². The van der Waals surface area contributed by atoms with Gasteiger partial charge in [-0.2, -0.15) is 18.2 Å². The second-order valence-electron chi connectivity index (χ2n) is 9.42. The van der Waals surface area contributed by atoms with Crippen LogP contribution in [-0.4, -0.2) is 65.3 Å². The van der Waals surface area contributed by atoms with Gasteiger partial charge in [-0.1, -0.05) is 25.1 Å². The minimum absolute atomic E-state index is 0.0352. The fourth-order valence-corrected chi connectivity index (χ4v) is 4.95. The van der Waals surface area contributed by atoms with E-state index in [1.165, 1.54) is 6.07 Å². The molecular formula is C27H29F3N6O. The van der Waals surface area contributed by atoms with Crippen molar-refractivity contribution in [1.82, 2.24) is 19.8 Å². The minimum Gasteiger partial charge on any atom is -0.328 e. The Morgan fingerprint density at radius 2 is 1.76 bits per heavy atom. The third-order valence-corrected chi connectivity index (χ3v) is 7.05. The van der Waals surface area contributed by atoms with Crippen molar-refractivity contribution in [2.45, 2.75) is 26.1 Å². The molecule has 37 heavy (non-hydrogen) atoms. The number of aromatic nitrogens is 2. The summed E-state index contributed by atoms with van der Waals surface area (Å²) < 4.78 is 42.0. The van der Waals surface area contributed by atoms with Crippen LogP contribution in [0.15, 0.2) is 48.7 Å². The Hall–Kier alpha value is -3.50. The van der Waals surface area contributed by atoms with Crippen molar-refractivity contribution < 1.29 is 18.0 Å². The fourth-order valence-electron chi connectivity index (χ4n) is 4.95. The van der Waals surface area contributed by atoms with Crippen molar-refractivity contribution in [2.24, 2.45) is 0 Å². The van der Waals surface area contributed by atoms with Crippen molar-refractivity contribution in [1.29, 1.82) is 0 Å². The average Bonchev–Trinajstić information content (AvgIpc) is 2.99. The molecule has 0 bridgehead atoms. The van der Waals surface area contributed by atoms with Crippen LogP contribution in [0.2, 0.25) is 0 Å². The van der Waals surface area contributed by atoms with Crippen LogP contribution >= 0.6 is 0 Å². The van der Waals surface area contributed by atoms with Crippen LogP contribution in [0.3, 0.4) is 0 Å². The van der Waals surface area contributed by atoms with Crippen LogP contribution < -0.4 is 10.2 Å². The zero-order valence-electron chi connectivity index (χ0n) is 20.8. The fraction of sp³-hybridized carbons (Fsp3) is 0.370. The lowest BCUT2D eigenvalue weighted by Gasteiger charge is -2.34. The molecule has 1 aromatic heterocycles. The van der Waals surface area contributed by atoms with Crippen molar-refractivity contribution in [3.63, 3.8) is 0 Å². The van der Waals surface area contributed by atoms with Crippen molar-refractivity contribution in [2.75, 3.05) is 50.0 Å². The molecule has 0 unspecified atom stereocenters. The van der Waals surface area contributed by atoms with Gasteiger partial charge in [0, 0.05) is 69.2 Å². The van der Waals surface area contributed by atoms with Gasteiger partial charge in [-0.05, 0) is 36.4 Å². The summed E-state index contributed by atoms with van der Waals surface area (Å²) in [7, 11) is 1.81. The highest BCUT2D eigenvalue weighted by molar-refractivity contribution is 6.05. The normalized spacial score (nSPS) is 16.8. The molecule has 0 aliphatic carbocycles. The number of piperazine rings is 1. The lowest BCUT2D eigenvalue weighted by atomic mass is 10.0. The SMILES string of the molecule is CCN1CCN(Cc2ccc(Nc3ncc4c(n3)N(C)c3ccccc3C(=O)C4)cc2C(F)(F)F)CC1. The molecule has 1 N–H and O–H groups in total. The molecule has 2 aliphatic rings. The average molecular weight is 511 g/mol. The van der Waals surface area contributed by atoms with E-state index in [2.05, 4.69) is 32.0 Å². The molecule has 0 radical (unpaired) electrons. The van der Waals surface area contributed by atoms with Gasteiger partial charge in [-0.3, -0.25) is 9.69 Å². The number of Topliss-reactive ketones (excluding diaryl/α,β-unsaturated/α-hetero) is 1. The molecule has 0 amide bonds. The highest BCUT2D eigenvalue weighted by Crippen LogP contribution is 2.36. The summed E-state index contributed by atoms with van der Waals surface area (Å²) in [6, 6.07) is 11.6. The maximum Gasteiger partial charge on any atom is 0.416 e. The van der Waals surface area contributed by atoms with Crippen LogP contribution in [0, 0.1) is 0 Å². The summed E-state index contributed by atoms with van der Waals surface area (Å²) in [5, 5.41) is 2.93. The van der Waals surface area contributed by atoms with E-state index in [0.29, 0.717) is 16.9 Å². The number of nitrogens with one attached hydrogen (secondary N) is 1. The molecule has 5 rings (SSSR count). The maximum atomic E-state index is 14.0. The first kappa shape index (κ1) is 25.2. The topological polar surface area (TPSA) is 64.6 Å². The number of benzene rings is 2. The molecule has 3 heterocycles. The molecule has 7 nitrogen and oxygen atoms in total. The maximum absolute atomic E-state index is 14.0. The van der Waals surface area contributed by atoms with Crippen molar-refractivity contribution in [3.05, 3.63) is 70.9 Å². The number of ketones is 1. The standard InChI is InChI=1S/C27H29F3N6O/c1-3-35-10-12-36(13-11-35)17-18-8-9-20(15-22(18)27(28,29)30)32-26-31-16-19-14-24(37)21-6-4-5-7-23(21)34(2)25(19)33-26/h4-9,15-16H,3,10-14,17H2,1-2H3,(H,31,32,33). The predicted octanol–water partition coefficient (Wildman–Crippen LogP) is 4.88. The zero-order chi connectivity index (χ0) is 26.2. The Morgan fingerprint density at radius 3 is 2.49 bits per heavy atom. The van der Waals surface area contributed by atoms with E-state index < -0.39 is 11.7 Å². The molecule has 2 aliphatic heterocycles. The van der Waals surface area contributed by atoms with Gasteiger partial charge in [0.15, 0.2) is 5.78 Å². The van der Waals surface area contributed by atoms with Crippen LogP contribution in [0.5, 0.6) is 0 Å². The molecule has 0 spiro atoms. The minimum atomic E-state index is -4.49. The smallest absolute Gasteiger partial charge is 0.328 e. The number of likely N-dealkylation sites (N-methyl/N-ethyl adjacent to an activating group) is 1. The first-order valence-electron chi connectivity index (χ1n) is 12.4. The Kier molecular flexibility index (Phi) is 6.87. The first-order chi connectivity index (χ1) is 17.7. The van der Waals surface area contributed by atoms with E-state index in [4.69, 9.17) is 0 Å². The molecule has 1 saturated heterocycles. The van der Waals surface area contributed by atoms with Crippen LogP contribution in [0.25, 0.3) is 0 Å². The first-order valence-corrected chi connectivity index (χ1v) is 12.4. The van der Waals surface area contributed by atoms with Gasteiger partial charge in [0.05, 0.1) is 11.3 Å². The number of nitrogens with zero attached hydrogens (tertiary/aromatic N) is 5. The number of alkyl halides is 3. The van der Waals surface area contributed by atoms with E-state index in [1.54, 1.807) is 18.3 Å². The lowest BCUT2D eigenvalue weighted by molar-refractivity contribution is -0.138. The zero-order valence-corrected chi connectivity index (χ0v) is 20.8. The Balaban J connectivity index is 1.39. The van der Waals surface area contributed by atoms with Gasteiger partial charge in [0.25, 0.3) is 0 Å². The van der Waals surface area contributed by atoms with E-state index in [9.17, 15) is 18.0 Å². The second-order valence-corrected chi connectivity index (χ2v) is 9.42. The van der Waals surface area contributed by atoms with Gasteiger partial charge in [-0.25, -0.2) is 4.98 Å². The highest BCUT2D eigenvalue weighted by Gasteiger charge is 2.34. The number of anilines is 4. The summed E-state index contributed by atoms with van der Waals surface area (Å²) in [6.07, 6.45) is -2.78. The number of hydrogen-bond acceptors (Lipinski definition) is 7. The molecule has 2 aromatic carbocycles. The molecule has 0 saturated carbocycles. The summed E-state index contributed by atoms with van der Waals surface area (Å²) >= 11 is 0. The Bertz CT molecular complexity index is 1300. The summed E-state index contributed by atoms with van der Waals surface area (Å²) in [4.78, 5) is 27.7. The Labute approximate surface area is 213 Å². The number of carbonyl (C=O) groups is 1. The van der Waals surface area contributed by atoms with E-state index >= 15 is 0 Å². The molecular weight excluding hydrogens is 481 g/mol. The van der Waals surface area contributed by atoms with Crippen molar-refractivity contribution in [3.8, 4) is 0 Å². The predicted molar refractivity (Wildman–Crippen MR) is 137 cm³/mol. The molecule has 194 valence electrons. The van der Waals surface area contributed by atoms with Gasteiger partial charge in [0.2, 0.25) is 5.95 Å². The van der Waals surface area contributed by atoms with Gasteiger partial charge >= 0.3 is 6.18 Å². The number of hydrogen-bond donors (Lipinski definition) is 1. The summed E-state index contributed by atoms with van der Waals surface area (Å²) in [5.41, 5.74) is 1.81. The van der Waals surface area contributed by atoms with E-state index in [-0.39, 0.29) is 35.9 Å². The van der Waals surface area contributed by atoms with Crippen LogP contribution in [-0.2, 0) is 19.1 Å². The largest absolute Gasteiger partial charge is 0.416 e. The quantitative estimate of drug-likeness (QED) is 0.525. The Morgan fingerprint density at radius 1 is 1.03 bits per heavy atom. The number of para-hydroxylation sites is 1. The lowest BCUT2D eigenvalue weighted by Crippen LogP contribution is -2.45. The van der Waals surface area contributed by atoms with E-state index in [1.807, 2.05) is 30.1 Å². The number of fused-ring (bicyclic) bond motifs is 2. The summed E-state index contributed by atoms with van der Waals surface area (Å²) in [6.45, 7) is 6.49. The molecule has 3 aromatic rings. The van der Waals surface area contributed by atoms with Gasteiger partial charge < -0.3 is 15.1 Å². The van der Waals surface area contributed by atoms with E-state index in [0.717, 1.165) is 44.5 Å². The summed E-state index contributed by atoms with van der Waals surface area (Å²) in [5.74, 6) is 0.663. The third-order valence-electron chi connectivity index (χ3n) is 7.05. The molecule has 10 heteroatoms. The number of rotatable bonds is 5. The number of carbonyl (C=O) groups excluding carboxylic acids is 1. The number of halogens is 3. The van der Waals surface area contributed by atoms with Crippen LogP contribution in [0.4, 0.5) is 36.3 Å².